The van der Waals surface area contributed by atoms with Crippen molar-refractivity contribution in [2.75, 3.05) is 17.6 Å². The van der Waals surface area contributed by atoms with Crippen LogP contribution in [0.5, 0.6) is 0 Å². The molecule has 0 spiro atoms. The summed E-state index contributed by atoms with van der Waals surface area (Å²) in [5.41, 5.74) is 0.580. The SMILES string of the molecule is [2H]C([2H])([2H])NC(=O)c1cnc(NC(=O)C2CC2)cc1Nc1cn(CC)c2ncn(CC(C)(C)C)c(=O)c12. The molecule has 34 heavy (non-hydrogen) atoms. The molecule has 0 radical (unpaired) electrons. The number of nitrogens with zero attached hydrogens (tertiary/aromatic N) is 4. The van der Waals surface area contributed by atoms with E-state index in [4.69, 9.17) is 4.11 Å². The number of aryl methyl sites for hydroxylation is 1. The Morgan fingerprint density at radius 3 is 2.62 bits per heavy atom. The van der Waals surface area contributed by atoms with Crippen LogP contribution < -0.4 is 21.5 Å². The highest BCUT2D eigenvalue weighted by atomic mass is 16.2. The number of hydrogen-bond acceptors (Lipinski definition) is 6. The number of nitrogens with one attached hydrogen (secondary N) is 3. The fraction of sp³-hybridized carbons (Fsp3) is 0.458. The lowest BCUT2D eigenvalue weighted by Gasteiger charge is -2.19. The highest BCUT2D eigenvalue weighted by Gasteiger charge is 2.30. The second-order valence-corrected chi connectivity index (χ2v) is 9.72. The van der Waals surface area contributed by atoms with Gasteiger partial charge in [-0.25, -0.2) is 9.97 Å². The van der Waals surface area contributed by atoms with Crippen molar-refractivity contribution in [2.45, 2.75) is 53.6 Å². The zero-order chi connectivity index (χ0) is 27.1. The van der Waals surface area contributed by atoms with E-state index in [1.54, 1.807) is 15.3 Å². The number of anilines is 3. The van der Waals surface area contributed by atoms with E-state index in [9.17, 15) is 14.4 Å². The van der Waals surface area contributed by atoms with Gasteiger partial charge in [0.1, 0.15) is 16.9 Å². The third-order valence-electron chi connectivity index (χ3n) is 5.56. The molecule has 10 nitrogen and oxygen atoms in total. The molecular formula is C24H31N7O3. The lowest BCUT2D eigenvalue weighted by molar-refractivity contribution is -0.117. The first-order valence-electron chi connectivity index (χ1n) is 12.7. The van der Waals surface area contributed by atoms with E-state index in [2.05, 4.69) is 20.6 Å². The summed E-state index contributed by atoms with van der Waals surface area (Å²) in [4.78, 5) is 47.2. The van der Waals surface area contributed by atoms with Crippen LogP contribution in [0.4, 0.5) is 17.2 Å². The first kappa shape index (κ1) is 19.7. The number of rotatable bonds is 7. The van der Waals surface area contributed by atoms with Crippen molar-refractivity contribution in [3.05, 3.63) is 40.7 Å². The van der Waals surface area contributed by atoms with Crippen LogP contribution in [0.2, 0.25) is 0 Å². The minimum atomic E-state index is -2.71. The molecule has 3 N–H and O–H groups in total. The average Bonchev–Trinajstić information content (AvgIpc) is 3.56. The van der Waals surface area contributed by atoms with Crippen LogP contribution in [0.25, 0.3) is 11.0 Å². The summed E-state index contributed by atoms with van der Waals surface area (Å²) >= 11 is 0. The lowest BCUT2D eigenvalue weighted by Crippen LogP contribution is -2.27. The Bertz CT molecular complexity index is 1420. The van der Waals surface area contributed by atoms with Gasteiger partial charge in [0.25, 0.3) is 11.5 Å². The molecule has 0 saturated heterocycles. The smallest absolute Gasteiger partial charge is 0.264 e. The van der Waals surface area contributed by atoms with Crippen LogP contribution in [0.15, 0.2) is 29.6 Å². The minimum Gasteiger partial charge on any atom is -0.355 e. The summed E-state index contributed by atoms with van der Waals surface area (Å²) in [6.07, 6.45) is 6.05. The third-order valence-corrected chi connectivity index (χ3v) is 5.56. The van der Waals surface area contributed by atoms with E-state index in [1.165, 1.54) is 18.6 Å². The predicted molar refractivity (Wildman–Crippen MR) is 131 cm³/mol. The molecule has 1 fully saturated rings. The van der Waals surface area contributed by atoms with Crippen molar-refractivity contribution in [2.24, 2.45) is 11.3 Å². The maximum atomic E-state index is 13.5. The largest absolute Gasteiger partial charge is 0.355 e. The molecule has 1 saturated carbocycles. The summed E-state index contributed by atoms with van der Waals surface area (Å²) < 4.78 is 25.5. The van der Waals surface area contributed by atoms with Crippen LogP contribution in [0, 0.1) is 11.3 Å². The highest BCUT2D eigenvalue weighted by molar-refractivity contribution is 6.03. The van der Waals surface area contributed by atoms with Gasteiger partial charge in [0, 0.05) is 48.6 Å². The number of carbonyl (C=O) groups is 2. The Kier molecular flexibility index (Phi) is 5.18. The summed E-state index contributed by atoms with van der Waals surface area (Å²) in [6.45, 7) is 6.25. The van der Waals surface area contributed by atoms with Gasteiger partial charge in [0.2, 0.25) is 5.91 Å². The Labute approximate surface area is 202 Å². The van der Waals surface area contributed by atoms with Gasteiger partial charge < -0.3 is 20.5 Å². The van der Waals surface area contributed by atoms with Crippen molar-refractivity contribution in [3.8, 4) is 0 Å². The van der Waals surface area contributed by atoms with Crippen molar-refractivity contribution >= 4 is 40.0 Å². The zero-order valence-electron chi connectivity index (χ0n) is 22.7. The van der Waals surface area contributed by atoms with Gasteiger partial charge in [0.15, 0.2) is 0 Å². The van der Waals surface area contributed by atoms with E-state index in [0.29, 0.717) is 29.8 Å². The van der Waals surface area contributed by atoms with E-state index in [-0.39, 0.29) is 39.9 Å². The molecule has 2 amide bonds. The zero-order valence-corrected chi connectivity index (χ0v) is 19.7. The molecule has 0 aliphatic heterocycles. The summed E-state index contributed by atoms with van der Waals surface area (Å²) in [5.74, 6) is -0.911. The van der Waals surface area contributed by atoms with Gasteiger partial charge in [0.05, 0.1) is 23.3 Å². The number of carbonyl (C=O) groups excluding carboxylic acids is 2. The molecule has 3 aromatic heterocycles. The quantitative estimate of drug-likeness (QED) is 0.490. The fourth-order valence-electron chi connectivity index (χ4n) is 3.77. The van der Waals surface area contributed by atoms with Crippen LogP contribution in [0.3, 0.4) is 0 Å². The first-order valence-corrected chi connectivity index (χ1v) is 11.2. The molecule has 1 aliphatic carbocycles. The molecule has 3 aromatic rings. The molecule has 0 atom stereocenters. The standard InChI is InChI=1S/C24H31N7O3/c1-6-30-11-17(19-20(30)27-13-31(23(19)34)12-24(2,3)4)28-16-9-18(29-21(32)14-7-8-14)26-10-15(16)22(33)25-5/h9-11,13-14H,6-8,12H2,1-5H3,(H,25,33)(H2,26,28,29,32)/i5D3. The number of hydrogen-bond donors (Lipinski definition) is 3. The molecule has 1 aliphatic rings. The summed E-state index contributed by atoms with van der Waals surface area (Å²) in [7, 11) is 0. The Hall–Kier alpha value is -3.69. The van der Waals surface area contributed by atoms with E-state index < -0.39 is 12.9 Å². The first-order chi connectivity index (χ1) is 17.3. The number of fused-ring (bicyclic) bond motifs is 1. The van der Waals surface area contributed by atoms with Gasteiger partial charge in [-0.2, -0.15) is 0 Å². The molecular weight excluding hydrogens is 434 g/mol. The van der Waals surface area contributed by atoms with Crippen molar-refractivity contribution in [3.63, 3.8) is 0 Å². The van der Waals surface area contributed by atoms with Crippen LogP contribution in [-0.4, -0.2) is 37.9 Å². The van der Waals surface area contributed by atoms with E-state index in [0.717, 1.165) is 12.8 Å². The van der Waals surface area contributed by atoms with Crippen molar-refractivity contribution in [1.82, 2.24) is 24.4 Å². The summed E-state index contributed by atoms with van der Waals surface area (Å²) in [5, 5.41) is 8.13. The van der Waals surface area contributed by atoms with Gasteiger partial charge in [-0.05, 0) is 25.2 Å². The molecule has 180 valence electrons. The normalized spacial score (nSPS) is 15.4. The summed E-state index contributed by atoms with van der Waals surface area (Å²) in [6, 6.07) is 1.45. The molecule has 0 aromatic carbocycles. The topological polar surface area (TPSA) is 123 Å². The Morgan fingerprint density at radius 1 is 1.21 bits per heavy atom. The van der Waals surface area contributed by atoms with E-state index >= 15 is 0 Å². The minimum absolute atomic E-state index is 0.0585. The number of pyridine rings is 1. The van der Waals surface area contributed by atoms with Crippen molar-refractivity contribution in [1.29, 1.82) is 0 Å². The monoisotopic (exact) mass is 468 g/mol. The molecule has 4 rings (SSSR count). The molecule has 10 heteroatoms. The fourth-order valence-corrected chi connectivity index (χ4v) is 3.77. The number of amides is 2. The Morgan fingerprint density at radius 2 is 1.97 bits per heavy atom. The predicted octanol–water partition coefficient (Wildman–Crippen LogP) is 3.11. The second kappa shape index (κ2) is 8.92. The maximum absolute atomic E-state index is 13.5. The molecule has 3 heterocycles. The van der Waals surface area contributed by atoms with Crippen molar-refractivity contribution < 1.29 is 13.7 Å². The van der Waals surface area contributed by atoms with Gasteiger partial charge >= 0.3 is 0 Å². The van der Waals surface area contributed by atoms with Crippen LogP contribution >= 0.6 is 0 Å². The number of aromatic nitrogens is 4. The molecule has 0 bridgehead atoms. The highest BCUT2D eigenvalue weighted by Crippen LogP contribution is 2.32. The van der Waals surface area contributed by atoms with E-state index in [1.807, 2.05) is 33.0 Å². The Balaban J connectivity index is 1.80. The van der Waals surface area contributed by atoms with Crippen LogP contribution in [0.1, 0.15) is 55.0 Å². The average molecular weight is 469 g/mol. The van der Waals surface area contributed by atoms with Gasteiger partial charge in [-0.15, -0.1) is 0 Å². The third kappa shape index (κ3) is 4.80. The van der Waals surface area contributed by atoms with Gasteiger partial charge in [-0.1, -0.05) is 20.8 Å². The maximum Gasteiger partial charge on any atom is 0.264 e. The second-order valence-electron chi connectivity index (χ2n) is 9.72. The van der Waals surface area contributed by atoms with Crippen LogP contribution in [-0.2, 0) is 17.9 Å². The van der Waals surface area contributed by atoms with Gasteiger partial charge in [-0.3, -0.25) is 19.0 Å². The molecule has 0 unspecified atom stereocenters. The lowest BCUT2D eigenvalue weighted by atomic mass is 9.97.